The van der Waals surface area contributed by atoms with E-state index in [1.807, 2.05) is 0 Å². The van der Waals surface area contributed by atoms with Crippen LogP contribution in [0.1, 0.15) is 12.8 Å². The van der Waals surface area contributed by atoms with Gasteiger partial charge in [0.15, 0.2) is 0 Å². The second-order valence-corrected chi connectivity index (χ2v) is 29.1. The van der Waals surface area contributed by atoms with Crippen LogP contribution in [0.2, 0.25) is 10.5 Å². The van der Waals surface area contributed by atoms with Crippen LogP contribution in [0, 0.1) is 0 Å². The number of hydrogen-bond donors (Lipinski definition) is 0. The summed E-state index contributed by atoms with van der Waals surface area (Å²) in [6.07, 6.45) is 2.91. The normalized spacial score (nSPS) is 28.3. The molecule has 42 valence electrons. The van der Waals surface area contributed by atoms with Crippen LogP contribution in [-0.4, -0.2) is 9.58 Å². The Hall–Kier alpha value is 1.50. The molecule has 0 aromatic rings. The molecule has 0 radical (unpaired) electrons. The molecule has 0 aliphatic carbocycles. The summed E-state index contributed by atoms with van der Waals surface area (Å²) in [6.45, 7) is 0. The zero-order chi connectivity index (χ0) is 5.33. The van der Waals surface area contributed by atoms with E-state index < -0.39 is 9.58 Å². The van der Waals surface area contributed by atoms with E-state index in [4.69, 9.17) is 0 Å². The maximum atomic E-state index is 3.75. The first kappa shape index (κ1) is 6.62. The standard InChI is InChI=1S/C4H8Br2Ge/c5-7(6)3-1-2-4-7/h1-4H2. The van der Waals surface area contributed by atoms with Crippen molar-refractivity contribution >= 4 is 37.6 Å². The van der Waals surface area contributed by atoms with E-state index in [1.165, 1.54) is 23.3 Å². The van der Waals surface area contributed by atoms with E-state index in [1.54, 1.807) is 0 Å². The van der Waals surface area contributed by atoms with Crippen LogP contribution in [0.5, 0.6) is 0 Å². The molecule has 1 aliphatic heterocycles. The molecule has 0 atom stereocenters. The molecule has 0 N–H and O–H groups in total. The molecule has 0 aromatic carbocycles. The van der Waals surface area contributed by atoms with Gasteiger partial charge in [0.2, 0.25) is 0 Å². The van der Waals surface area contributed by atoms with Crippen LogP contribution in [0.25, 0.3) is 0 Å². The van der Waals surface area contributed by atoms with Gasteiger partial charge < -0.3 is 0 Å². The average Bonchev–Trinajstić information content (AvgIpc) is 1.84. The molecule has 0 amide bonds. The summed E-state index contributed by atoms with van der Waals surface area (Å²) < 4.78 is 0. The van der Waals surface area contributed by atoms with Crippen LogP contribution in [-0.2, 0) is 0 Å². The molecule has 1 aliphatic rings. The van der Waals surface area contributed by atoms with Gasteiger partial charge in [-0.3, -0.25) is 0 Å². The van der Waals surface area contributed by atoms with Gasteiger partial charge in [-0.05, 0) is 0 Å². The second-order valence-electron chi connectivity index (χ2n) is 2.06. The molecule has 0 spiro atoms. The third-order valence-corrected chi connectivity index (χ3v) is 14.1. The maximum absolute atomic E-state index is 3.75. The minimum absolute atomic E-state index is 1.35. The topological polar surface area (TPSA) is 0 Å². The van der Waals surface area contributed by atoms with Gasteiger partial charge in [-0.1, -0.05) is 0 Å². The van der Waals surface area contributed by atoms with Crippen LogP contribution in [0.3, 0.4) is 0 Å². The quantitative estimate of drug-likeness (QED) is 0.601. The predicted octanol–water partition coefficient (Wildman–Crippen LogP) is 3.01. The Bertz CT molecular complexity index is 64.1. The molecular formula is C4H8Br2Ge. The molecular weight excluding hydrogens is 280 g/mol. The van der Waals surface area contributed by atoms with Crippen molar-refractivity contribution in [2.45, 2.75) is 23.3 Å². The van der Waals surface area contributed by atoms with E-state index >= 15 is 0 Å². The number of rotatable bonds is 0. The molecule has 0 bridgehead atoms. The van der Waals surface area contributed by atoms with Crippen LogP contribution >= 0.6 is 28.0 Å². The second kappa shape index (κ2) is 2.40. The predicted molar refractivity (Wildman–Crippen MR) is 42.5 cm³/mol. The van der Waals surface area contributed by atoms with Crippen LogP contribution < -0.4 is 0 Å². The first-order chi connectivity index (χ1) is 3.21. The SMILES string of the molecule is [Br][Ge]1([Br])[CH2]CC[CH2]1. The third-order valence-electron chi connectivity index (χ3n) is 1.34. The fourth-order valence-corrected chi connectivity index (χ4v) is 10.5. The van der Waals surface area contributed by atoms with E-state index in [9.17, 15) is 0 Å². The molecule has 1 rings (SSSR count). The van der Waals surface area contributed by atoms with Gasteiger partial charge in [0.05, 0.1) is 0 Å². The van der Waals surface area contributed by atoms with E-state index in [2.05, 4.69) is 28.0 Å². The summed E-state index contributed by atoms with van der Waals surface area (Å²) in [5, 5.41) is 2.94. The molecule has 0 nitrogen and oxygen atoms in total. The van der Waals surface area contributed by atoms with E-state index in [-0.39, 0.29) is 0 Å². The number of halogens is 2. The fraction of sp³-hybridized carbons (Fsp3) is 1.00. The van der Waals surface area contributed by atoms with Crippen molar-refractivity contribution in [3.8, 4) is 0 Å². The van der Waals surface area contributed by atoms with Gasteiger partial charge in [-0.2, -0.15) is 0 Å². The first-order valence-corrected chi connectivity index (χ1v) is 15.4. The zero-order valence-corrected chi connectivity index (χ0v) is 9.35. The first-order valence-electron chi connectivity index (χ1n) is 2.59. The monoisotopic (exact) mass is 288 g/mol. The van der Waals surface area contributed by atoms with Crippen molar-refractivity contribution in [1.29, 1.82) is 0 Å². The molecule has 0 unspecified atom stereocenters. The zero-order valence-electron chi connectivity index (χ0n) is 4.08. The summed E-state index contributed by atoms with van der Waals surface area (Å²) in [7, 11) is -1.35. The van der Waals surface area contributed by atoms with Crippen molar-refractivity contribution < 1.29 is 0 Å². The van der Waals surface area contributed by atoms with Crippen molar-refractivity contribution in [1.82, 2.24) is 0 Å². The summed E-state index contributed by atoms with van der Waals surface area (Å²) in [5.41, 5.74) is 0. The Kier molecular flexibility index (Phi) is 2.27. The summed E-state index contributed by atoms with van der Waals surface area (Å²) in [6, 6.07) is 0. The molecule has 3 heteroatoms. The van der Waals surface area contributed by atoms with Crippen molar-refractivity contribution in [3.05, 3.63) is 0 Å². The van der Waals surface area contributed by atoms with E-state index in [0.717, 1.165) is 0 Å². The molecule has 0 aromatic heterocycles. The van der Waals surface area contributed by atoms with Gasteiger partial charge in [0.25, 0.3) is 0 Å². The summed E-state index contributed by atoms with van der Waals surface area (Å²) in [5.74, 6) is 0. The van der Waals surface area contributed by atoms with Crippen LogP contribution in [0.4, 0.5) is 0 Å². The molecule has 1 heterocycles. The molecule has 7 heavy (non-hydrogen) atoms. The Morgan fingerprint density at radius 1 is 1.00 bits per heavy atom. The third kappa shape index (κ3) is 2.06. The summed E-state index contributed by atoms with van der Waals surface area (Å²) >= 11 is 7.49. The average molecular weight is 289 g/mol. The van der Waals surface area contributed by atoms with Crippen molar-refractivity contribution in [2.75, 3.05) is 0 Å². The molecule has 1 fully saturated rings. The Morgan fingerprint density at radius 2 is 1.43 bits per heavy atom. The Morgan fingerprint density at radius 3 is 1.57 bits per heavy atom. The van der Waals surface area contributed by atoms with Crippen molar-refractivity contribution in [3.63, 3.8) is 0 Å². The van der Waals surface area contributed by atoms with Crippen LogP contribution in [0.15, 0.2) is 0 Å². The molecule has 1 saturated heterocycles. The fourth-order valence-electron chi connectivity index (χ4n) is 0.892. The van der Waals surface area contributed by atoms with Gasteiger partial charge >= 0.3 is 60.9 Å². The van der Waals surface area contributed by atoms with Gasteiger partial charge in [-0.15, -0.1) is 0 Å². The van der Waals surface area contributed by atoms with Crippen molar-refractivity contribution in [2.24, 2.45) is 0 Å². The summed E-state index contributed by atoms with van der Waals surface area (Å²) in [4.78, 5) is 0. The Balaban J connectivity index is 2.40. The van der Waals surface area contributed by atoms with Gasteiger partial charge in [-0.25, -0.2) is 0 Å². The van der Waals surface area contributed by atoms with Gasteiger partial charge in [0, 0.05) is 0 Å². The number of hydrogen-bond acceptors (Lipinski definition) is 0. The minimum atomic E-state index is -1.35. The molecule has 0 saturated carbocycles. The van der Waals surface area contributed by atoms with E-state index in [0.29, 0.717) is 0 Å². The Labute approximate surface area is 60.6 Å². The van der Waals surface area contributed by atoms with Gasteiger partial charge in [0.1, 0.15) is 0 Å².